The molecule has 7 heteroatoms. The van der Waals surface area contributed by atoms with Crippen LogP contribution < -0.4 is 10.2 Å². The Hall–Kier alpha value is -2.99. The van der Waals surface area contributed by atoms with Gasteiger partial charge in [0.05, 0.1) is 17.6 Å². The number of nitrogens with zero attached hydrogens (tertiary/aromatic N) is 4. The molecule has 1 N–H and O–H groups in total. The number of carbonyl (C=O) groups is 1. The first-order valence-electron chi connectivity index (χ1n) is 10.1. The third-order valence-corrected chi connectivity index (χ3v) is 5.12. The Morgan fingerprint density at radius 1 is 1.03 bits per heavy atom. The lowest BCUT2D eigenvalue weighted by molar-refractivity contribution is 0.102. The summed E-state index contributed by atoms with van der Waals surface area (Å²) in [6.07, 6.45) is 3.17. The monoisotopic (exact) mass is 423 g/mol. The fourth-order valence-corrected chi connectivity index (χ4v) is 3.32. The summed E-state index contributed by atoms with van der Waals surface area (Å²) < 4.78 is 0. The molecule has 2 aromatic heterocycles. The number of pyridine rings is 1. The summed E-state index contributed by atoms with van der Waals surface area (Å²) in [4.78, 5) is 28.7. The minimum Gasteiger partial charge on any atom is -0.356 e. The molecule has 0 atom stereocenters. The summed E-state index contributed by atoms with van der Waals surface area (Å²) >= 11 is 6.04. The van der Waals surface area contributed by atoms with E-state index in [1.807, 2.05) is 43.0 Å². The number of rotatable bonds is 7. The van der Waals surface area contributed by atoms with Gasteiger partial charge in [0.1, 0.15) is 17.7 Å². The second kappa shape index (κ2) is 9.67. The summed E-state index contributed by atoms with van der Waals surface area (Å²) in [5.74, 6) is 0.647. The van der Waals surface area contributed by atoms with Crippen LogP contribution in [-0.4, -0.2) is 33.9 Å². The van der Waals surface area contributed by atoms with Gasteiger partial charge in [0.25, 0.3) is 5.91 Å². The van der Waals surface area contributed by atoms with Crippen LogP contribution in [0.5, 0.6) is 0 Å². The predicted molar refractivity (Wildman–Crippen MR) is 122 cm³/mol. The summed E-state index contributed by atoms with van der Waals surface area (Å²) in [6, 6.07) is 11.1. The Bertz CT molecular complexity index is 999. The van der Waals surface area contributed by atoms with Crippen LogP contribution in [0.1, 0.15) is 49.7 Å². The predicted octanol–water partition coefficient (Wildman–Crippen LogP) is 5.41. The van der Waals surface area contributed by atoms with Crippen LogP contribution in [0.4, 0.5) is 11.5 Å². The average Bonchev–Trinajstić information content (AvgIpc) is 2.75. The van der Waals surface area contributed by atoms with Crippen LogP contribution in [0.2, 0.25) is 5.02 Å². The Morgan fingerprint density at radius 3 is 2.30 bits per heavy atom. The zero-order chi connectivity index (χ0) is 21.7. The molecule has 0 fully saturated rings. The number of halogens is 1. The molecule has 0 saturated carbocycles. The van der Waals surface area contributed by atoms with Gasteiger partial charge in [-0.05, 0) is 44.0 Å². The number of amides is 1. The molecule has 3 aromatic rings. The van der Waals surface area contributed by atoms with E-state index in [1.54, 1.807) is 18.3 Å². The highest BCUT2D eigenvalue weighted by Gasteiger charge is 2.23. The first-order valence-corrected chi connectivity index (χ1v) is 10.5. The second-order valence-electron chi connectivity index (χ2n) is 7.18. The van der Waals surface area contributed by atoms with Crippen LogP contribution in [0, 0.1) is 0 Å². The molecule has 0 aliphatic rings. The van der Waals surface area contributed by atoms with Crippen molar-refractivity contribution in [3.63, 3.8) is 0 Å². The van der Waals surface area contributed by atoms with E-state index in [-0.39, 0.29) is 5.91 Å². The molecule has 0 aliphatic heterocycles. The largest absolute Gasteiger partial charge is 0.356 e. The zero-order valence-electron chi connectivity index (χ0n) is 17.7. The maximum atomic E-state index is 13.4. The highest BCUT2D eigenvalue weighted by atomic mass is 35.5. The summed E-state index contributed by atoms with van der Waals surface area (Å²) in [5, 5.41) is 3.58. The van der Waals surface area contributed by atoms with Crippen molar-refractivity contribution in [2.45, 2.75) is 33.6 Å². The van der Waals surface area contributed by atoms with Gasteiger partial charge in [0.15, 0.2) is 0 Å². The number of benzene rings is 1. The van der Waals surface area contributed by atoms with Crippen LogP contribution >= 0.6 is 11.6 Å². The molecular formula is C23H26ClN5O. The van der Waals surface area contributed by atoms with Crippen molar-refractivity contribution < 1.29 is 4.79 Å². The molecule has 1 aromatic carbocycles. The van der Waals surface area contributed by atoms with E-state index in [4.69, 9.17) is 11.6 Å². The van der Waals surface area contributed by atoms with E-state index in [9.17, 15) is 4.79 Å². The number of aromatic nitrogens is 3. The molecule has 0 radical (unpaired) electrons. The van der Waals surface area contributed by atoms with Gasteiger partial charge < -0.3 is 10.2 Å². The molecule has 0 aliphatic carbocycles. The number of anilines is 2. The van der Waals surface area contributed by atoms with Crippen molar-refractivity contribution >= 4 is 29.0 Å². The lowest BCUT2D eigenvalue weighted by Crippen LogP contribution is -2.27. The molecule has 156 valence electrons. The van der Waals surface area contributed by atoms with E-state index >= 15 is 0 Å². The normalized spacial score (nSPS) is 10.9. The number of carbonyl (C=O) groups excluding carboxylic acids is 1. The summed E-state index contributed by atoms with van der Waals surface area (Å²) in [6.45, 7) is 9.66. The number of hydrogen-bond donors (Lipinski definition) is 1. The van der Waals surface area contributed by atoms with Gasteiger partial charge in [0.2, 0.25) is 0 Å². The number of nitrogens with one attached hydrogen (secondary N) is 1. The first-order chi connectivity index (χ1) is 14.4. The fraction of sp³-hybridized carbons (Fsp3) is 0.304. The van der Waals surface area contributed by atoms with Crippen LogP contribution in [0.3, 0.4) is 0 Å². The Balaban J connectivity index is 2.05. The SMILES string of the molecule is CCN(CC)c1ncnc(-c2ccc(Cl)cc2)c1C(=O)Nc1ccc(C(C)C)nc1. The minimum atomic E-state index is -0.276. The summed E-state index contributed by atoms with van der Waals surface area (Å²) in [7, 11) is 0. The molecule has 1 amide bonds. The smallest absolute Gasteiger partial charge is 0.261 e. The molecule has 30 heavy (non-hydrogen) atoms. The van der Waals surface area contributed by atoms with Crippen molar-refractivity contribution in [2.75, 3.05) is 23.3 Å². The quantitative estimate of drug-likeness (QED) is 0.549. The first kappa shape index (κ1) is 21.7. The highest BCUT2D eigenvalue weighted by molar-refractivity contribution is 6.30. The Morgan fingerprint density at radius 2 is 1.73 bits per heavy atom. The van der Waals surface area contributed by atoms with Gasteiger partial charge in [-0.15, -0.1) is 0 Å². The van der Waals surface area contributed by atoms with Crippen molar-refractivity contribution in [1.29, 1.82) is 0 Å². The molecule has 3 rings (SSSR count). The molecule has 0 saturated heterocycles. The number of hydrogen-bond acceptors (Lipinski definition) is 5. The van der Waals surface area contributed by atoms with E-state index < -0.39 is 0 Å². The third-order valence-electron chi connectivity index (χ3n) is 4.87. The van der Waals surface area contributed by atoms with Gasteiger partial charge in [-0.1, -0.05) is 37.6 Å². The Labute approximate surface area is 182 Å². The molecule has 0 unspecified atom stereocenters. The lowest BCUT2D eigenvalue weighted by Gasteiger charge is -2.23. The van der Waals surface area contributed by atoms with Crippen molar-refractivity contribution in [3.8, 4) is 11.3 Å². The molecular weight excluding hydrogens is 398 g/mol. The van der Waals surface area contributed by atoms with Crippen molar-refractivity contribution in [3.05, 3.63) is 65.2 Å². The van der Waals surface area contributed by atoms with E-state index in [0.29, 0.717) is 33.7 Å². The molecule has 0 bridgehead atoms. The van der Waals surface area contributed by atoms with Crippen molar-refractivity contribution in [2.24, 2.45) is 0 Å². The fourth-order valence-electron chi connectivity index (χ4n) is 3.19. The van der Waals surface area contributed by atoms with Gasteiger partial charge in [0, 0.05) is 29.4 Å². The third kappa shape index (κ3) is 4.76. The van der Waals surface area contributed by atoms with Gasteiger partial charge in [-0.3, -0.25) is 9.78 Å². The lowest BCUT2D eigenvalue weighted by atomic mass is 10.0. The van der Waals surface area contributed by atoms with Gasteiger partial charge in [-0.25, -0.2) is 9.97 Å². The topological polar surface area (TPSA) is 71.0 Å². The summed E-state index contributed by atoms with van der Waals surface area (Å²) in [5.41, 5.74) is 3.39. The Kier molecular flexibility index (Phi) is 7.00. The standard InChI is InChI=1S/C23H26ClN5O/c1-5-29(6-2)22-20(21(26-14-27-22)16-7-9-17(24)10-8-16)23(30)28-18-11-12-19(15(3)4)25-13-18/h7-15H,5-6H2,1-4H3,(H,28,30). The van der Waals surface area contributed by atoms with Crippen LogP contribution in [0.25, 0.3) is 11.3 Å². The minimum absolute atomic E-state index is 0.276. The van der Waals surface area contributed by atoms with Gasteiger partial charge in [-0.2, -0.15) is 0 Å². The molecule has 6 nitrogen and oxygen atoms in total. The van der Waals surface area contributed by atoms with E-state index in [0.717, 1.165) is 24.3 Å². The van der Waals surface area contributed by atoms with E-state index in [2.05, 4.69) is 34.1 Å². The van der Waals surface area contributed by atoms with E-state index in [1.165, 1.54) is 6.33 Å². The second-order valence-corrected chi connectivity index (χ2v) is 7.62. The van der Waals surface area contributed by atoms with Crippen molar-refractivity contribution in [1.82, 2.24) is 15.0 Å². The maximum Gasteiger partial charge on any atom is 0.261 e. The van der Waals surface area contributed by atoms with Gasteiger partial charge >= 0.3 is 0 Å². The van der Waals surface area contributed by atoms with Crippen LogP contribution in [-0.2, 0) is 0 Å². The molecule has 0 spiro atoms. The molecule has 2 heterocycles. The zero-order valence-corrected chi connectivity index (χ0v) is 18.4. The van der Waals surface area contributed by atoms with Crippen LogP contribution in [0.15, 0.2) is 48.9 Å². The average molecular weight is 424 g/mol. The maximum absolute atomic E-state index is 13.4. The highest BCUT2D eigenvalue weighted by Crippen LogP contribution is 2.29.